The minimum Gasteiger partial charge on any atom is -0.481 e. The number of carbonyl (C=O) groups excluding carboxylic acids is 10. The third kappa shape index (κ3) is 23.8. The summed E-state index contributed by atoms with van der Waals surface area (Å²) in [4.78, 5) is 203. The van der Waals surface area contributed by atoms with Crippen molar-refractivity contribution in [3.05, 3.63) is 36.0 Å². The van der Waals surface area contributed by atoms with Crippen molar-refractivity contribution < 1.29 is 106 Å². The Hall–Kier alpha value is -9.58. The van der Waals surface area contributed by atoms with Gasteiger partial charge in [0.15, 0.2) is 0 Å². The number of fused-ring (bicyclic) bond motifs is 1. The molecule has 3 saturated heterocycles. The lowest BCUT2D eigenvalue weighted by atomic mass is 10.1. The summed E-state index contributed by atoms with van der Waals surface area (Å²) in [5, 5.41) is 72.6. The monoisotopic (exact) mass is 1350 g/mol. The second kappa shape index (κ2) is 36.0. The van der Waals surface area contributed by atoms with Crippen molar-refractivity contribution in [1.82, 2.24) is 61.4 Å². The number of pyridine rings is 1. The van der Waals surface area contributed by atoms with E-state index < -0.39 is 188 Å². The fraction of sp³-hybridized carbons (Fsp3) is 0.554. The summed E-state index contributed by atoms with van der Waals surface area (Å²) in [6.45, 7) is -1.33. The Balaban J connectivity index is 1.14. The number of rotatable bonds is 35. The largest absolute Gasteiger partial charge is 0.481 e. The number of aromatic nitrogens is 1. The minimum absolute atomic E-state index is 0.0408. The van der Waals surface area contributed by atoms with E-state index >= 15 is 0 Å². The number of amides is 10. The van der Waals surface area contributed by atoms with Crippen LogP contribution in [0, 0.1) is 11.3 Å². The van der Waals surface area contributed by atoms with Gasteiger partial charge in [-0.25, -0.2) is 13.6 Å². The quantitative estimate of drug-likeness (QED) is 0.0229. The molecule has 5 rings (SSSR count). The van der Waals surface area contributed by atoms with Gasteiger partial charge >= 0.3 is 29.8 Å². The number of aliphatic carboxylic acids is 5. The van der Waals surface area contributed by atoms with Gasteiger partial charge in [-0.1, -0.05) is 12.1 Å². The maximum Gasteiger partial charge on any atom is 0.327 e. The Bertz CT molecular complexity index is 3220. The van der Waals surface area contributed by atoms with E-state index in [1.807, 2.05) is 0 Å². The molecule has 1 unspecified atom stereocenters. The number of carboxylic acids is 5. The molecule has 4 heterocycles. The number of unbranched alkanes of at least 4 members (excludes halogenated alkanes) is 1. The predicted octanol–water partition coefficient (Wildman–Crippen LogP) is -4.39. The van der Waals surface area contributed by atoms with Crippen molar-refractivity contribution in [3.8, 4) is 6.07 Å². The summed E-state index contributed by atoms with van der Waals surface area (Å²) < 4.78 is 27.8. The number of alkyl halides is 2. The summed E-state index contributed by atoms with van der Waals surface area (Å²) in [5.41, 5.74) is 5.69. The zero-order valence-corrected chi connectivity index (χ0v) is 51.4. The van der Waals surface area contributed by atoms with Crippen LogP contribution in [0.4, 0.5) is 14.5 Å². The molecule has 3 aliphatic rings. The average Bonchev–Trinajstić information content (AvgIpc) is 0.936. The fourth-order valence-corrected chi connectivity index (χ4v) is 11.3. The van der Waals surface area contributed by atoms with Crippen LogP contribution in [0.25, 0.3) is 10.9 Å². The smallest absolute Gasteiger partial charge is 0.327 e. The van der Waals surface area contributed by atoms with Gasteiger partial charge in [0.25, 0.3) is 11.8 Å². The molecular formula is C56H73F2N15O20S. The van der Waals surface area contributed by atoms with E-state index in [1.165, 1.54) is 30.5 Å². The van der Waals surface area contributed by atoms with Crippen LogP contribution in [0.2, 0.25) is 0 Å². The summed E-state index contributed by atoms with van der Waals surface area (Å²) in [7, 11) is 0. The third-order valence-corrected chi connectivity index (χ3v) is 16.1. The van der Waals surface area contributed by atoms with Crippen molar-refractivity contribution in [2.75, 3.05) is 103 Å². The summed E-state index contributed by atoms with van der Waals surface area (Å²) >= 11 is 0.661. The van der Waals surface area contributed by atoms with Crippen LogP contribution in [0.1, 0.15) is 68.1 Å². The van der Waals surface area contributed by atoms with Gasteiger partial charge in [-0.15, -0.1) is 11.8 Å². The van der Waals surface area contributed by atoms with Crippen molar-refractivity contribution in [1.29, 1.82) is 5.26 Å². The van der Waals surface area contributed by atoms with E-state index in [0.717, 1.165) is 4.90 Å². The van der Waals surface area contributed by atoms with Gasteiger partial charge < -0.3 is 73.4 Å². The van der Waals surface area contributed by atoms with Crippen LogP contribution in [0.3, 0.4) is 0 Å². The summed E-state index contributed by atoms with van der Waals surface area (Å²) in [6, 6.07) is -1.68. The molecule has 3 aliphatic heterocycles. The molecule has 3 fully saturated rings. The lowest BCUT2D eigenvalue weighted by Crippen LogP contribution is -2.58. The third-order valence-electron chi connectivity index (χ3n) is 14.9. The molecule has 0 saturated carbocycles. The first kappa shape index (κ1) is 75.1. The molecular weight excluding hydrogens is 1270 g/mol. The van der Waals surface area contributed by atoms with Gasteiger partial charge in [-0.3, -0.25) is 91.7 Å². The number of anilines is 1. The average molecular weight is 1350 g/mol. The zero-order valence-electron chi connectivity index (χ0n) is 50.6. The van der Waals surface area contributed by atoms with Gasteiger partial charge in [0, 0.05) is 95.4 Å². The van der Waals surface area contributed by atoms with E-state index in [0.29, 0.717) is 16.7 Å². The van der Waals surface area contributed by atoms with E-state index in [4.69, 9.17) is 5.73 Å². The number of halogens is 2. The lowest BCUT2D eigenvalue weighted by molar-refractivity contribution is -0.143. The van der Waals surface area contributed by atoms with Crippen molar-refractivity contribution >= 4 is 117 Å². The molecule has 0 bridgehead atoms. The van der Waals surface area contributed by atoms with Crippen LogP contribution in [-0.4, -0.2) is 283 Å². The number of para-hydroxylation sites is 1. The van der Waals surface area contributed by atoms with Crippen LogP contribution in [0.15, 0.2) is 30.5 Å². The number of nitriles is 1. The Morgan fingerprint density at radius 3 is 1.84 bits per heavy atom. The number of nitrogens with zero attached hydrogens (tertiary/aromatic N) is 7. The van der Waals surface area contributed by atoms with E-state index in [2.05, 4.69) is 42.2 Å². The van der Waals surface area contributed by atoms with Crippen LogP contribution >= 0.6 is 11.8 Å². The maximum absolute atomic E-state index is 13.9. The molecule has 1 aromatic heterocycles. The van der Waals surface area contributed by atoms with Gasteiger partial charge in [0.1, 0.15) is 30.2 Å². The zero-order chi connectivity index (χ0) is 69.4. The number of hydrogen-bond acceptors (Lipinski definition) is 22. The number of carbonyl (C=O) groups is 15. The number of hydrogen-bond donors (Lipinski definition) is 13. The molecule has 94 heavy (non-hydrogen) atoms. The predicted molar refractivity (Wildman–Crippen MR) is 321 cm³/mol. The Kier molecular flexibility index (Phi) is 28.8. The first-order valence-corrected chi connectivity index (χ1v) is 30.5. The second-order valence-corrected chi connectivity index (χ2v) is 23.3. The lowest BCUT2D eigenvalue weighted by Gasteiger charge is -2.25. The molecule has 2 aromatic rings. The number of nitrogens with one attached hydrogen (secondary N) is 7. The maximum atomic E-state index is 13.9. The molecule has 0 radical (unpaired) electrons. The van der Waals surface area contributed by atoms with Crippen molar-refractivity contribution in [3.63, 3.8) is 0 Å². The van der Waals surface area contributed by atoms with Crippen LogP contribution < -0.4 is 43.0 Å². The van der Waals surface area contributed by atoms with Gasteiger partial charge in [-0.05, 0) is 37.9 Å². The minimum atomic E-state index is -3.29. The highest BCUT2D eigenvalue weighted by Gasteiger charge is 2.47. The van der Waals surface area contributed by atoms with Gasteiger partial charge in [-0.2, -0.15) is 5.26 Å². The van der Waals surface area contributed by atoms with Gasteiger partial charge in [0.05, 0.1) is 73.7 Å². The van der Waals surface area contributed by atoms with Crippen molar-refractivity contribution in [2.24, 2.45) is 5.73 Å². The summed E-state index contributed by atoms with van der Waals surface area (Å²) in [5.74, 6) is -20.4. The SMILES string of the molecule is N#C[C@@H]1CC(F)(F)CN1C(=O)CNC(=O)c1ccnc2c(NC(=O)CCC(=O)N[C@@H](CC(=O)O)C(=O)N[C@@H](CCCCN)C(=O)N[C@@H](CC(=O)O)C(=O)N[C@@H](CSC3CC(=O)N(CCNC(=O)CN4CCN(CC(=O)O)CCN(CC(=O)O)CC4)C3=O)C(=O)O)cccc12. The highest BCUT2D eigenvalue weighted by molar-refractivity contribution is 8.00. The molecule has 14 N–H and O–H groups in total. The molecule has 512 valence electrons. The van der Waals surface area contributed by atoms with Crippen LogP contribution in [0.5, 0.6) is 0 Å². The van der Waals surface area contributed by atoms with Crippen LogP contribution in [-0.2, 0) is 67.1 Å². The first-order chi connectivity index (χ1) is 44.5. The Morgan fingerprint density at radius 2 is 1.27 bits per heavy atom. The normalized spacial score (nSPS) is 18.1. The highest BCUT2D eigenvalue weighted by atomic mass is 32.2. The molecule has 1 aromatic carbocycles. The number of imide groups is 1. The van der Waals surface area contributed by atoms with E-state index in [1.54, 1.807) is 20.8 Å². The molecule has 38 heteroatoms. The standard InChI is InChI=1S/C56H73F2N15O20S/c57-56(58)23-31(24-60)73(30-56)44(78)25-63-50(87)33-9-11-62-49-32(33)4-3-6-34(49)64-40(74)7-8-41(75)65-36(20-45(79)80)52(89)66-35(5-1-2-10-59)51(88)67-37(21-46(81)82)53(90)68-38(55(92)93)29-94-39-22-43(77)72(54(39)91)13-12-61-42(76)26-69-14-16-70(27-47(83)84)18-19-71(17-15-69)28-48(85)86/h3-4,6,9,11,31,35-39H,1-2,5,7-8,10,12-23,25-30,59H2,(H,61,76)(H,63,87)(H,64,74)(H,65,75)(H,66,89)(H,67,88)(H,68,90)(H,79,80)(H,81,82)(H,83,84)(H,85,86)(H,92,93)/t31-,35-,36-,37-,38-,39?/m0/s1. The van der Waals surface area contributed by atoms with E-state index in [9.17, 15) is 111 Å². The number of likely N-dealkylation sites (tertiary alicyclic amines) is 2. The number of carboxylic acid groups (broad SMARTS) is 5. The second-order valence-electron chi connectivity index (χ2n) is 22.0. The number of thioether (sulfide) groups is 1. The molecule has 0 aliphatic carbocycles. The van der Waals surface area contributed by atoms with E-state index in [-0.39, 0.29) is 120 Å². The summed E-state index contributed by atoms with van der Waals surface area (Å²) in [6.07, 6.45) is -3.45. The van der Waals surface area contributed by atoms with Crippen molar-refractivity contribution in [2.45, 2.75) is 99.2 Å². The number of nitrogens with two attached hydrogens (primary N) is 1. The fourth-order valence-electron chi connectivity index (χ4n) is 10.1. The van der Waals surface area contributed by atoms with Gasteiger partial charge in [0.2, 0.25) is 53.2 Å². The molecule has 10 amide bonds. The highest BCUT2D eigenvalue weighted by Crippen LogP contribution is 2.32. The molecule has 0 spiro atoms. The molecule has 6 atom stereocenters. The first-order valence-electron chi connectivity index (χ1n) is 29.4. The Morgan fingerprint density at radius 1 is 0.702 bits per heavy atom. The topological polar surface area (TPSA) is 520 Å². The number of benzene rings is 1. The Labute approximate surface area is 538 Å². The molecule has 35 nitrogen and oxygen atoms in total.